The van der Waals surface area contributed by atoms with Gasteiger partial charge in [-0.1, -0.05) is 12.1 Å². The van der Waals surface area contributed by atoms with E-state index in [1.54, 1.807) is 37.4 Å². The third-order valence-electron chi connectivity index (χ3n) is 3.92. The van der Waals surface area contributed by atoms with Crippen molar-refractivity contribution >= 4 is 18.1 Å². The number of hydrogen-bond donors (Lipinski definition) is 2. The van der Waals surface area contributed by atoms with E-state index in [-0.39, 0.29) is 5.69 Å². The van der Waals surface area contributed by atoms with E-state index in [0.717, 1.165) is 16.9 Å². The van der Waals surface area contributed by atoms with Gasteiger partial charge in [-0.2, -0.15) is 10.2 Å². The zero-order valence-corrected chi connectivity index (χ0v) is 15.3. The number of rotatable bonds is 6. The van der Waals surface area contributed by atoms with Crippen molar-refractivity contribution in [2.75, 3.05) is 14.2 Å². The molecule has 0 saturated heterocycles. The molecule has 0 unspecified atom stereocenters. The SMILES string of the molecule is COC(=O)c1ccc(/C=N/NC(=O)c2cc(-c3ccc(OC)cc3)n[nH]2)cc1. The Kier molecular flexibility index (Phi) is 5.81. The lowest BCUT2D eigenvalue weighted by Gasteiger charge is -2.00. The fraction of sp³-hybridized carbons (Fsp3) is 0.100. The molecule has 0 atom stereocenters. The number of hydrogen-bond acceptors (Lipinski definition) is 6. The average molecular weight is 378 g/mol. The molecule has 3 aromatic rings. The van der Waals surface area contributed by atoms with E-state index < -0.39 is 11.9 Å². The number of carbonyl (C=O) groups is 2. The molecule has 0 fully saturated rings. The number of aromatic amines is 1. The van der Waals surface area contributed by atoms with E-state index in [9.17, 15) is 9.59 Å². The van der Waals surface area contributed by atoms with E-state index in [1.807, 2.05) is 24.3 Å². The second-order valence-corrected chi connectivity index (χ2v) is 5.71. The first kappa shape index (κ1) is 18.8. The van der Waals surface area contributed by atoms with E-state index in [1.165, 1.54) is 13.3 Å². The largest absolute Gasteiger partial charge is 0.497 e. The van der Waals surface area contributed by atoms with Crippen LogP contribution in [0.15, 0.2) is 59.7 Å². The van der Waals surface area contributed by atoms with Crippen LogP contribution in [-0.2, 0) is 4.74 Å². The highest BCUT2D eigenvalue weighted by atomic mass is 16.5. The van der Waals surface area contributed by atoms with Crippen LogP contribution in [0.5, 0.6) is 5.75 Å². The summed E-state index contributed by atoms with van der Waals surface area (Å²) in [5.74, 6) is -0.0930. The normalized spacial score (nSPS) is 10.6. The number of nitrogens with zero attached hydrogens (tertiary/aromatic N) is 2. The van der Waals surface area contributed by atoms with Crippen LogP contribution in [0, 0.1) is 0 Å². The average Bonchev–Trinajstić information content (AvgIpc) is 3.24. The number of esters is 1. The summed E-state index contributed by atoms with van der Waals surface area (Å²) in [6.45, 7) is 0. The monoisotopic (exact) mass is 378 g/mol. The molecule has 1 aromatic heterocycles. The quantitative estimate of drug-likeness (QED) is 0.390. The fourth-order valence-corrected chi connectivity index (χ4v) is 2.40. The van der Waals surface area contributed by atoms with Crippen LogP contribution in [-0.4, -0.2) is 42.5 Å². The maximum absolute atomic E-state index is 12.2. The summed E-state index contributed by atoms with van der Waals surface area (Å²) in [6, 6.07) is 15.6. The summed E-state index contributed by atoms with van der Waals surface area (Å²) < 4.78 is 9.76. The number of nitrogens with one attached hydrogen (secondary N) is 2. The highest BCUT2D eigenvalue weighted by Crippen LogP contribution is 2.21. The van der Waals surface area contributed by atoms with Gasteiger partial charge in [-0.3, -0.25) is 9.89 Å². The summed E-state index contributed by atoms with van der Waals surface area (Å²) >= 11 is 0. The van der Waals surface area contributed by atoms with E-state index in [0.29, 0.717) is 11.3 Å². The van der Waals surface area contributed by atoms with Gasteiger partial charge in [0, 0.05) is 5.56 Å². The molecule has 0 spiro atoms. The molecule has 28 heavy (non-hydrogen) atoms. The first-order valence-corrected chi connectivity index (χ1v) is 8.32. The van der Waals surface area contributed by atoms with Gasteiger partial charge in [0.15, 0.2) is 0 Å². The second-order valence-electron chi connectivity index (χ2n) is 5.71. The first-order chi connectivity index (χ1) is 13.6. The number of ether oxygens (including phenoxy) is 2. The lowest BCUT2D eigenvalue weighted by Crippen LogP contribution is -2.18. The molecule has 1 heterocycles. The molecule has 2 aromatic carbocycles. The van der Waals surface area contributed by atoms with Crippen LogP contribution in [0.3, 0.4) is 0 Å². The predicted molar refractivity (Wildman–Crippen MR) is 103 cm³/mol. The van der Waals surface area contributed by atoms with Gasteiger partial charge in [-0.05, 0) is 48.0 Å². The zero-order chi connectivity index (χ0) is 19.9. The number of benzene rings is 2. The summed E-state index contributed by atoms with van der Waals surface area (Å²) in [4.78, 5) is 23.6. The van der Waals surface area contributed by atoms with Crippen molar-refractivity contribution in [1.29, 1.82) is 0 Å². The lowest BCUT2D eigenvalue weighted by atomic mass is 10.1. The maximum Gasteiger partial charge on any atom is 0.337 e. The van der Waals surface area contributed by atoms with Crippen LogP contribution < -0.4 is 10.2 Å². The van der Waals surface area contributed by atoms with Crippen LogP contribution in [0.4, 0.5) is 0 Å². The summed E-state index contributed by atoms with van der Waals surface area (Å²) in [5.41, 5.74) is 5.35. The number of H-pyrrole nitrogens is 1. The molecule has 0 aliphatic carbocycles. The number of hydrazone groups is 1. The van der Waals surface area contributed by atoms with Gasteiger partial charge in [-0.15, -0.1) is 0 Å². The third-order valence-corrected chi connectivity index (χ3v) is 3.92. The molecule has 8 heteroatoms. The fourth-order valence-electron chi connectivity index (χ4n) is 2.40. The Labute approximate surface area is 161 Å². The molecular weight excluding hydrogens is 360 g/mol. The molecule has 0 radical (unpaired) electrons. The third kappa shape index (κ3) is 4.42. The Bertz CT molecular complexity index is 992. The highest BCUT2D eigenvalue weighted by molar-refractivity contribution is 5.94. The van der Waals surface area contributed by atoms with Crippen LogP contribution in [0.25, 0.3) is 11.3 Å². The minimum Gasteiger partial charge on any atom is -0.497 e. The summed E-state index contributed by atoms with van der Waals surface area (Å²) in [5, 5.41) is 10.7. The predicted octanol–water partition coefficient (Wildman–Crippen LogP) is 2.64. The minimum absolute atomic E-state index is 0.281. The van der Waals surface area contributed by atoms with Gasteiger partial charge in [-0.25, -0.2) is 10.2 Å². The van der Waals surface area contributed by atoms with Gasteiger partial charge in [0.2, 0.25) is 0 Å². The maximum atomic E-state index is 12.2. The molecule has 1 amide bonds. The Morgan fingerprint density at radius 2 is 1.79 bits per heavy atom. The van der Waals surface area contributed by atoms with E-state index >= 15 is 0 Å². The molecule has 3 rings (SSSR count). The lowest BCUT2D eigenvalue weighted by molar-refractivity contribution is 0.0600. The van der Waals surface area contributed by atoms with Crippen LogP contribution in [0.2, 0.25) is 0 Å². The van der Waals surface area contributed by atoms with Crippen molar-refractivity contribution in [3.05, 3.63) is 71.4 Å². The van der Waals surface area contributed by atoms with E-state index in [2.05, 4.69) is 25.5 Å². The van der Waals surface area contributed by atoms with Gasteiger partial charge in [0.05, 0.1) is 31.7 Å². The highest BCUT2D eigenvalue weighted by Gasteiger charge is 2.10. The van der Waals surface area contributed by atoms with Gasteiger partial charge in [0.1, 0.15) is 11.4 Å². The number of methoxy groups -OCH3 is 2. The first-order valence-electron chi connectivity index (χ1n) is 8.32. The van der Waals surface area contributed by atoms with Gasteiger partial charge in [0.25, 0.3) is 5.91 Å². The molecule has 0 bridgehead atoms. The molecule has 2 N–H and O–H groups in total. The topological polar surface area (TPSA) is 106 Å². The Balaban J connectivity index is 1.61. The Morgan fingerprint density at radius 1 is 1.07 bits per heavy atom. The van der Waals surface area contributed by atoms with Crippen molar-refractivity contribution in [2.45, 2.75) is 0 Å². The number of carbonyl (C=O) groups excluding carboxylic acids is 2. The van der Waals surface area contributed by atoms with Crippen molar-refractivity contribution in [3.8, 4) is 17.0 Å². The van der Waals surface area contributed by atoms with Crippen molar-refractivity contribution < 1.29 is 19.1 Å². The molecule has 0 aliphatic rings. The van der Waals surface area contributed by atoms with Gasteiger partial charge >= 0.3 is 5.97 Å². The Morgan fingerprint density at radius 3 is 2.43 bits per heavy atom. The molecule has 142 valence electrons. The minimum atomic E-state index is -0.422. The summed E-state index contributed by atoms with van der Waals surface area (Å²) in [6.07, 6.45) is 1.47. The zero-order valence-electron chi connectivity index (χ0n) is 15.3. The van der Waals surface area contributed by atoms with Crippen LogP contribution in [0.1, 0.15) is 26.4 Å². The molecular formula is C20H18N4O4. The van der Waals surface area contributed by atoms with Crippen LogP contribution >= 0.6 is 0 Å². The number of amides is 1. The van der Waals surface area contributed by atoms with Crippen molar-refractivity contribution in [3.63, 3.8) is 0 Å². The molecule has 0 saturated carbocycles. The van der Waals surface area contributed by atoms with Crippen molar-refractivity contribution in [1.82, 2.24) is 15.6 Å². The Hall–Kier alpha value is -3.94. The number of aromatic nitrogens is 2. The smallest absolute Gasteiger partial charge is 0.337 e. The van der Waals surface area contributed by atoms with E-state index in [4.69, 9.17) is 4.74 Å². The summed E-state index contributed by atoms with van der Waals surface area (Å²) in [7, 11) is 2.92. The van der Waals surface area contributed by atoms with Gasteiger partial charge < -0.3 is 9.47 Å². The molecule has 8 nitrogen and oxygen atoms in total. The van der Waals surface area contributed by atoms with Crippen molar-refractivity contribution in [2.24, 2.45) is 5.10 Å². The standard InChI is InChI=1S/C20H18N4O4/c1-27-16-9-7-14(8-10-16)17-11-18(23-22-17)19(25)24-21-12-13-3-5-15(6-4-13)20(26)28-2/h3-12H,1-2H3,(H,22,23)(H,24,25)/b21-12+. The second kappa shape index (κ2) is 8.63. The molecule has 0 aliphatic heterocycles.